The molecule has 0 saturated carbocycles. The smallest absolute Gasteiger partial charge is 0.0595 e. The molecule has 0 radical (unpaired) electrons. The first-order chi connectivity index (χ1) is 6.50. The lowest BCUT2D eigenvalue weighted by Gasteiger charge is -2.46. The van der Waals surface area contributed by atoms with Crippen molar-refractivity contribution in [2.24, 2.45) is 5.41 Å². The van der Waals surface area contributed by atoms with Crippen molar-refractivity contribution >= 4 is 23.2 Å². The molecule has 3 heteroatoms. The van der Waals surface area contributed by atoms with E-state index in [0.29, 0.717) is 21.5 Å². The van der Waals surface area contributed by atoms with E-state index in [9.17, 15) is 0 Å². The van der Waals surface area contributed by atoms with Crippen molar-refractivity contribution in [3.63, 3.8) is 0 Å². The molecular weight excluding hydrogens is 217 g/mol. The predicted molar refractivity (Wildman–Crippen MR) is 61.0 cm³/mol. The molecule has 1 aliphatic rings. The van der Waals surface area contributed by atoms with Gasteiger partial charge in [-0.05, 0) is 23.1 Å². The molecular formula is C11H13Cl2N. The van der Waals surface area contributed by atoms with Crippen LogP contribution in [0.2, 0.25) is 10.0 Å². The summed E-state index contributed by atoms with van der Waals surface area (Å²) in [6, 6.07) is 6.24. The van der Waals surface area contributed by atoms with Crippen molar-refractivity contribution in [2.75, 3.05) is 6.54 Å². The Morgan fingerprint density at radius 3 is 2.43 bits per heavy atom. The molecule has 0 aromatic heterocycles. The second-order valence-corrected chi connectivity index (χ2v) is 5.29. The molecule has 1 aromatic carbocycles. The van der Waals surface area contributed by atoms with Gasteiger partial charge in [-0.2, -0.15) is 0 Å². The molecule has 1 aromatic rings. The van der Waals surface area contributed by atoms with Crippen LogP contribution in [-0.2, 0) is 0 Å². The highest BCUT2D eigenvalue weighted by Crippen LogP contribution is 2.41. The van der Waals surface area contributed by atoms with Crippen LogP contribution < -0.4 is 5.32 Å². The highest BCUT2D eigenvalue weighted by atomic mass is 35.5. The van der Waals surface area contributed by atoms with Crippen molar-refractivity contribution in [3.05, 3.63) is 33.8 Å². The molecule has 2 rings (SSSR count). The van der Waals surface area contributed by atoms with E-state index >= 15 is 0 Å². The largest absolute Gasteiger partial charge is 0.309 e. The van der Waals surface area contributed by atoms with E-state index in [1.54, 1.807) is 0 Å². The molecule has 1 fully saturated rings. The minimum atomic E-state index is 0.317. The summed E-state index contributed by atoms with van der Waals surface area (Å²) in [5, 5.41) is 4.65. The van der Waals surface area contributed by atoms with Gasteiger partial charge in [0.25, 0.3) is 0 Å². The number of rotatable bonds is 1. The Bertz CT molecular complexity index is 360. The molecule has 1 unspecified atom stereocenters. The Kier molecular flexibility index (Phi) is 2.50. The first-order valence-corrected chi connectivity index (χ1v) is 5.45. The fraction of sp³-hybridized carbons (Fsp3) is 0.455. The van der Waals surface area contributed by atoms with Crippen molar-refractivity contribution in [2.45, 2.75) is 19.9 Å². The molecule has 1 heterocycles. The molecule has 0 bridgehead atoms. The van der Waals surface area contributed by atoms with Crippen LogP contribution in [0, 0.1) is 5.41 Å². The molecule has 1 N–H and O–H groups in total. The highest BCUT2D eigenvalue weighted by Gasteiger charge is 2.38. The van der Waals surface area contributed by atoms with Gasteiger partial charge in [0.1, 0.15) is 0 Å². The SMILES string of the molecule is CC1(C)CNC1c1ccc(Cl)c(Cl)c1. The van der Waals surface area contributed by atoms with Crippen LogP contribution in [0.5, 0.6) is 0 Å². The van der Waals surface area contributed by atoms with Crippen LogP contribution in [0.25, 0.3) is 0 Å². The lowest BCUT2D eigenvalue weighted by atomic mass is 9.74. The van der Waals surface area contributed by atoms with Crippen molar-refractivity contribution < 1.29 is 0 Å². The number of hydrogen-bond donors (Lipinski definition) is 1. The van der Waals surface area contributed by atoms with Gasteiger partial charge in [-0.1, -0.05) is 43.1 Å². The molecule has 1 atom stereocenters. The molecule has 1 aliphatic heterocycles. The molecule has 0 amide bonds. The summed E-state index contributed by atoms with van der Waals surface area (Å²) in [5.74, 6) is 0. The summed E-state index contributed by atoms with van der Waals surface area (Å²) in [6.45, 7) is 5.55. The van der Waals surface area contributed by atoms with Gasteiger partial charge in [-0.25, -0.2) is 0 Å². The Morgan fingerprint density at radius 2 is 2.00 bits per heavy atom. The van der Waals surface area contributed by atoms with E-state index < -0.39 is 0 Å². The Morgan fingerprint density at radius 1 is 1.29 bits per heavy atom. The van der Waals surface area contributed by atoms with Crippen molar-refractivity contribution in [3.8, 4) is 0 Å². The first kappa shape index (κ1) is 10.3. The number of hydrogen-bond acceptors (Lipinski definition) is 1. The quantitative estimate of drug-likeness (QED) is 0.776. The van der Waals surface area contributed by atoms with Gasteiger partial charge in [-0.3, -0.25) is 0 Å². The zero-order valence-corrected chi connectivity index (χ0v) is 9.78. The summed E-state index contributed by atoms with van der Waals surface area (Å²) in [6.07, 6.45) is 0. The average molecular weight is 230 g/mol. The van der Waals surface area contributed by atoms with Crippen LogP contribution in [-0.4, -0.2) is 6.54 Å². The fourth-order valence-corrected chi connectivity index (χ4v) is 2.18. The van der Waals surface area contributed by atoms with Crippen LogP contribution >= 0.6 is 23.2 Å². The standard InChI is InChI=1S/C11H13Cl2N/c1-11(2)6-14-10(11)7-3-4-8(12)9(13)5-7/h3-5,10,14H,6H2,1-2H3. The molecule has 1 nitrogen and oxygen atoms in total. The summed E-state index contributed by atoms with van der Waals surface area (Å²) in [4.78, 5) is 0. The minimum absolute atomic E-state index is 0.317. The highest BCUT2D eigenvalue weighted by molar-refractivity contribution is 6.42. The number of nitrogens with one attached hydrogen (secondary N) is 1. The lowest BCUT2D eigenvalue weighted by Crippen LogP contribution is -2.52. The van der Waals surface area contributed by atoms with Gasteiger partial charge >= 0.3 is 0 Å². The number of halogens is 2. The number of benzene rings is 1. The molecule has 14 heavy (non-hydrogen) atoms. The van der Waals surface area contributed by atoms with Gasteiger partial charge in [0, 0.05) is 12.6 Å². The van der Waals surface area contributed by atoms with E-state index in [1.165, 1.54) is 5.56 Å². The Labute approximate surface area is 94.4 Å². The van der Waals surface area contributed by atoms with E-state index in [-0.39, 0.29) is 0 Å². The van der Waals surface area contributed by atoms with Crippen LogP contribution in [0.15, 0.2) is 18.2 Å². The fourth-order valence-electron chi connectivity index (χ4n) is 1.87. The Hall–Kier alpha value is -0.240. The summed E-state index contributed by atoms with van der Waals surface area (Å²) >= 11 is 11.8. The van der Waals surface area contributed by atoms with Crippen LogP contribution in [0.4, 0.5) is 0 Å². The zero-order chi connectivity index (χ0) is 10.3. The second-order valence-electron chi connectivity index (χ2n) is 4.48. The second kappa shape index (κ2) is 3.41. The lowest BCUT2D eigenvalue weighted by molar-refractivity contribution is 0.128. The van der Waals surface area contributed by atoms with Crippen LogP contribution in [0.1, 0.15) is 25.5 Å². The maximum atomic E-state index is 5.97. The third-order valence-electron chi connectivity index (χ3n) is 2.82. The summed E-state index contributed by atoms with van der Waals surface area (Å²) in [7, 11) is 0. The predicted octanol–water partition coefficient (Wildman–Crippen LogP) is 3.66. The van der Waals surface area contributed by atoms with E-state index in [1.807, 2.05) is 18.2 Å². The zero-order valence-electron chi connectivity index (χ0n) is 8.27. The minimum Gasteiger partial charge on any atom is -0.309 e. The Balaban J connectivity index is 2.30. The molecule has 0 spiro atoms. The maximum Gasteiger partial charge on any atom is 0.0595 e. The van der Waals surface area contributed by atoms with Gasteiger partial charge < -0.3 is 5.32 Å². The molecule has 0 aliphatic carbocycles. The summed E-state index contributed by atoms with van der Waals surface area (Å²) in [5.41, 5.74) is 1.53. The van der Waals surface area contributed by atoms with Gasteiger partial charge in [-0.15, -0.1) is 0 Å². The third-order valence-corrected chi connectivity index (χ3v) is 3.56. The van der Waals surface area contributed by atoms with Gasteiger partial charge in [0.2, 0.25) is 0 Å². The first-order valence-electron chi connectivity index (χ1n) is 4.69. The monoisotopic (exact) mass is 229 g/mol. The van der Waals surface area contributed by atoms with Crippen molar-refractivity contribution in [1.29, 1.82) is 0 Å². The van der Waals surface area contributed by atoms with Crippen LogP contribution in [0.3, 0.4) is 0 Å². The normalized spacial score (nSPS) is 24.4. The van der Waals surface area contributed by atoms with Crippen molar-refractivity contribution in [1.82, 2.24) is 5.32 Å². The average Bonchev–Trinajstić information content (AvgIpc) is 2.10. The molecule has 1 saturated heterocycles. The van der Waals surface area contributed by atoms with E-state index in [4.69, 9.17) is 23.2 Å². The van der Waals surface area contributed by atoms with E-state index in [0.717, 1.165) is 6.54 Å². The van der Waals surface area contributed by atoms with E-state index in [2.05, 4.69) is 19.2 Å². The topological polar surface area (TPSA) is 12.0 Å². The maximum absolute atomic E-state index is 5.97. The summed E-state index contributed by atoms with van der Waals surface area (Å²) < 4.78 is 0. The van der Waals surface area contributed by atoms with Gasteiger partial charge in [0.05, 0.1) is 10.0 Å². The molecule has 76 valence electrons. The third kappa shape index (κ3) is 1.65. The van der Waals surface area contributed by atoms with Gasteiger partial charge in [0.15, 0.2) is 0 Å².